The van der Waals surface area contributed by atoms with Crippen LogP contribution in [0.4, 0.5) is 5.69 Å². The molecule has 2 nitrogen and oxygen atoms in total. The summed E-state index contributed by atoms with van der Waals surface area (Å²) in [6, 6.07) is 4.14. The van der Waals surface area contributed by atoms with E-state index in [-0.39, 0.29) is 0 Å². The minimum Gasteiger partial charge on any atom is -0.385 e. The molecule has 1 aromatic carbocycles. The van der Waals surface area contributed by atoms with Gasteiger partial charge in [0.05, 0.1) is 10.2 Å². The first-order chi connectivity index (χ1) is 6.84. The summed E-state index contributed by atoms with van der Waals surface area (Å²) in [6.07, 6.45) is 2.33. The third-order valence-electron chi connectivity index (χ3n) is 2.55. The van der Waals surface area contributed by atoms with Crippen molar-refractivity contribution in [2.24, 2.45) is 0 Å². The molecule has 0 amide bonds. The molecule has 1 N–H and O–H groups in total. The maximum Gasteiger partial charge on any atom is 0.184 e. The van der Waals surface area contributed by atoms with Crippen LogP contribution in [0, 0.1) is 0 Å². The van der Waals surface area contributed by atoms with E-state index in [1.54, 1.807) is 11.3 Å². The molecule has 0 saturated heterocycles. The second-order valence-electron chi connectivity index (χ2n) is 3.44. The molecule has 1 aromatic heterocycles. The van der Waals surface area contributed by atoms with Gasteiger partial charge in [0, 0.05) is 12.2 Å². The van der Waals surface area contributed by atoms with E-state index in [9.17, 15) is 0 Å². The molecular formula is C10H9ClN2S. The molecule has 14 heavy (non-hydrogen) atoms. The minimum atomic E-state index is 0.638. The van der Waals surface area contributed by atoms with Gasteiger partial charge in [-0.05, 0) is 30.5 Å². The number of benzene rings is 1. The summed E-state index contributed by atoms with van der Waals surface area (Å²) in [5, 5.41) is 3.40. The molecule has 4 heteroatoms. The average molecular weight is 225 g/mol. The molecule has 0 aliphatic carbocycles. The summed E-state index contributed by atoms with van der Waals surface area (Å²) in [5.74, 6) is 0. The third-order valence-corrected chi connectivity index (χ3v) is 3.79. The SMILES string of the molecule is Clc1nc2ccc3c(c2s1)CCCN3. The molecule has 2 heterocycles. The number of nitrogens with zero attached hydrogens (tertiary/aromatic N) is 1. The second kappa shape index (κ2) is 3.11. The third kappa shape index (κ3) is 1.20. The maximum absolute atomic E-state index is 5.91. The Morgan fingerprint density at radius 3 is 3.29 bits per heavy atom. The van der Waals surface area contributed by atoms with Crippen molar-refractivity contribution in [1.29, 1.82) is 0 Å². The molecular weight excluding hydrogens is 216 g/mol. The highest BCUT2D eigenvalue weighted by atomic mass is 35.5. The number of thiazole rings is 1. The highest BCUT2D eigenvalue weighted by Crippen LogP contribution is 2.35. The Kier molecular flexibility index (Phi) is 1.89. The Bertz CT molecular complexity index is 492. The largest absolute Gasteiger partial charge is 0.385 e. The quantitative estimate of drug-likeness (QED) is 0.743. The van der Waals surface area contributed by atoms with E-state index in [1.807, 2.05) is 6.07 Å². The van der Waals surface area contributed by atoms with Gasteiger partial charge in [-0.15, -0.1) is 11.3 Å². The summed E-state index contributed by atoms with van der Waals surface area (Å²) in [7, 11) is 0. The van der Waals surface area contributed by atoms with Crippen molar-refractivity contribution in [3.8, 4) is 0 Å². The van der Waals surface area contributed by atoms with Crippen molar-refractivity contribution in [2.75, 3.05) is 11.9 Å². The second-order valence-corrected chi connectivity index (χ2v) is 5.02. The van der Waals surface area contributed by atoms with Crippen LogP contribution in [0.1, 0.15) is 12.0 Å². The van der Waals surface area contributed by atoms with Crippen LogP contribution in [0.3, 0.4) is 0 Å². The zero-order valence-electron chi connectivity index (χ0n) is 7.51. The summed E-state index contributed by atoms with van der Waals surface area (Å²) in [4.78, 5) is 4.28. The lowest BCUT2D eigenvalue weighted by molar-refractivity contribution is 0.837. The summed E-state index contributed by atoms with van der Waals surface area (Å²) < 4.78 is 1.89. The van der Waals surface area contributed by atoms with Crippen LogP contribution in [-0.2, 0) is 6.42 Å². The fourth-order valence-corrected chi connectivity index (χ4v) is 3.11. The van der Waals surface area contributed by atoms with E-state index >= 15 is 0 Å². The lowest BCUT2D eigenvalue weighted by Gasteiger charge is -2.17. The van der Waals surface area contributed by atoms with E-state index in [0.29, 0.717) is 4.47 Å². The van der Waals surface area contributed by atoms with Crippen LogP contribution < -0.4 is 5.32 Å². The van der Waals surface area contributed by atoms with Gasteiger partial charge in [-0.2, -0.15) is 0 Å². The van der Waals surface area contributed by atoms with E-state index in [2.05, 4.69) is 16.4 Å². The fourth-order valence-electron chi connectivity index (χ4n) is 1.92. The minimum absolute atomic E-state index is 0.638. The van der Waals surface area contributed by atoms with Crippen molar-refractivity contribution < 1.29 is 0 Å². The zero-order valence-corrected chi connectivity index (χ0v) is 9.08. The Morgan fingerprint density at radius 1 is 1.43 bits per heavy atom. The van der Waals surface area contributed by atoms with Gasteiger partial charge in [0.15, 0.2) is 4.47 Å². The lowest BCUT2D eigenvalue weighted by atomic mass is 10.0. The Labute approximate surface area is 90.9 Å². The highest BCUT2D eigenvalue weighted by Gasteiger charge is 2.14. The van der Waals surface area contributed by atoms with Crippen molar-refractivity contribution in [3.05, 3.63) is 22.2 Å². The van der Waals surface area contributed by atoms with E-state index in [0.717, 1.165) is 18.5 Å². The normalized spacial score (nSPS) is 15.2. The van der Waals surface area contributed by atoms with E-state index in [1.165, 1.54) is 22.4 Å². The average Bonchev–Trinajstić information content (AvgIpc) is 2.59. The van der Waals surface area contributed by atoms with Gasteiger partial charge in [-0.1, -0.05) is 11.6 Å². The first-order valence-corrected chi connectivity index (χ1v) is 5.86. The lowest BCUT2D eigenvalue weighted by Crippen LogP contribution is -2.11. The Hall–Kier alpha value is -0.800. The number of aromatic nitrogens is 1. The van der Waals surface area contributed by atoms with Gasteiger partial charge < -0.3 is 5.32 Å². The molecule has 0 spiro atoms. The Morgan fingerprint density at radius 2 is 2.36 bits per heavy atom. The molecule has 2 aromatic rings. The zero-order chi connectivity index (χ0) is 9.54. The number of anilines is 1. The molecule has 0 fully saturated rings. The van der Waals surface area contributed by atoms with Crippen molar-refractivity contribution >= 4 is 38.8 Å². The number of hydrogen-bond acceptors (Lipinski definition) is 3. The van der Waals surface area contributed by atoms with Gasteiger partial charge in [0.2, 0.25) is 0 Å². The summed E-state index contributed by atoms with van der Waals surface area (Å²) >= 11 is 7.49. The van der Waals surface area contributed by atoms with Gasteiger partial charge in [-0.25, -0.2) is 4.98 Å². The van der Waals surface area contributed by atoms with Crippen molar-refractivity contribution in [3.63, 3.8) is 0 Å². The summed E-state index contributed by atoms with van der Waals surface area (Å²) in [6.45, 7) is 1.07. The predicted molar refractivity (Wildman–Crippen MR) is 61.4 cm³/mol. The first kappa shape index (κ1) is 8.50. The van der Waals surface area contributed by atoms with E-state index in [4.69, 9.17) is 11.6 Å². The van der Waals surface area contributed by atoms with Crippen LogP contribution in [0.2, 0.25) is 4.47 Å². The summed E-state index contributed by atoms with van der Waals surface area (Å²) in [5.41, 5.74) is 3.67. The van der Waals surface area contributed by atoms with Gasteiger partial charge in [-0.3, -0.25) is 0 Å². The smallest absolute Gasteiger partial charge is 0.184 e. The topological polar surface area (TPSA) is 24.9 Å². The first-order valence-electron chi connectivity index (χ1n) is 4.66. The molecule has 72 valence electrons. The number of nitrogens with one attached hydrogen (secondary N) is 1. The Balaban J connectivity index is 2.33. The van der Waals surface area contributed by atoms with Crippen LogP contribution in [0.15, 0.2) is 12.1 Å². The molecule has 0 radical (unpaired) electrons. The monoisotopic (exact) mass is 224 g/mol. The maximum atomic E-state index is 5.91. The highest BCUT2D eigenvalue weighted by molar-refractivity contribution is 7.22. The number of hydrogen-bond donors (Lipinski definition) is 1. The van der Waals surface area contributed by atoms with Crippen molar-refractivity contribution in [1.82, 2.24) is 4.98 Å². The fraction of sp³-hybridized carbons (Fsp3) is 0.300. The molecule has 0 unspecified atom stereocenters. The number of halogens is 1. The van der Waals surface area contributed by atoms with Crippen molar-refractivity contribution in [2.45, 2.75) is 12.8 Å². The predicted octanol–water partition coefficient (Wildman–Crippen LogP) is 3.31. The molecule has 0 atom stereocenters. The standard InChI is InChI=1S/C10H9ClN2S/c11-10-13-8-4-3-7-6(9(8)14-10)2-1-5-12-7/h3-4,12H,1-2,5H2. The molecule has 3 rings (SSSR count). The molecule has 0 bridgehead atoms. The number of rotatable bonds is 0. The molecule has 1 aliphatic heterocycles. The van der Waals surface area contributed by atoms with Gasteiger partial charge >= 0.3 is 0 Å². The number of fused-ring (bicyclic) bond motifs is 3. The molecule has 1 aliphatic rings. The number of aryl methyl sites for hydroxylation is 1. The van der Waals surface area contributed by atoms with Crippen LogP contribution in [-0.4, -0.2) is 11.5 Å². The van der Waals surface area contributed by atoms with E-state index < -0.39 is 0 Å². The molecule has 0 saturated carbocycles. The van der Waals surface area contributed by atoms with Crippen LogP contribution in [0.5, 0.6) is 0 Å². The van der Waals surface area contributed by atoms with Crippen LogP contribution >= 0.6 is 22.9 Å². The van der Waals surface area contributed by atoms with Gasteiger partial charge in [0.25, 0.3) is 0 Å². The van der Waals surface area contributed by atoms with Gasteiger partial charge in [0.1, 0.15) is 0 Å². The van der Waals surface area contributed by atoms with Crippen LogP contribution in [0.25, 0.3) is 10.2 Å².